The number of likely N-dealkylation sites (tertiary alicyclic amines) is 1. The van der Waals surface area contributed by atoms with E-state index in [1.54, 1.807) is 0 Å². The molecule has 0 unspecified atom stereocenters. The lowest BCUT2D eigenvalue weighted by molar-refractivity contribution is -0.129. The number of carbonyl (C=O) groups is 1. The maximum absolute atomic E-state index is 12.5. The number of hydrogen-bond acceptors (Lipinski definition) is 3. The zero-order chi connectivity index (χ0) is 17.3. The van der Waals surface area contributed by atoms with Crippen molar-refractivity contribution in [3.8, 4) is 0 Å². The first-order valence-corrected chi connectivity index (χ1v) is 10.7. The van der Waals surface area contributed by atoms with Gasteiger partial charge in [0, 0.05) is 32.7 Å². The molecule has 0 aromatic carbocycles. The quantitative estimate of drug-likeness (QED) is 0.718. The summed E-state index contributed by atoms with van der Waals surface area (Å²) in [5, 5.41) is 3.18. The molecule has 4 saturated carbocycles. The van der Waals surface area contributed by atoms with Crippen LogP contribution in [0, 0.1) is 23.2 Å². The molecule has 1 aliphatic heterocycles. The Kier molecular flexibility index (Phi) is 5.38. The van der Waals surface area contributed by atoms with Gasteiger partial charge >= 0.3 is 0 Å². The monoisotopic (exact) mass is 348 g/mol. The van der Waals surface area contributed by atoms with Gasteiger partial charge in [0.25, 0.3) is 0 Å². The van der Waals surface area contributed by atoms with Crippen molar-refractivity contribution in [2.75, 3.05) is 33.3 Å². The fourth-order valence-corrected chi connectivity index (χ4v) is 6.61. The Labute approximate surface area is 153 Å². The lowest BCUT2D eigenvalue weighted by Crippen LogP contribution is -2.48. The van der Waals surface area contributed by atoms with Crippen LogP contribution in [0.1, 0.15) is 64.2 Å². The Morgan fingerprint density at radius 3 is 2.28 bits per heavy atom. The van der Waals surface area contributed by atoms with Crippen LogP contribution in [0.3, 0.4) is 0 Å². The second kappa shape index (κ2) is 7.56. The highest BCUT2D eigenvalue weighted by Crippen LogP contribution is 2.61. The first-order valence-electron chi connectivity index (χ1n) is 10.7. The van der Waals surface area contributed by atoms with Crippen LogP contribution >= 0.6 is 0 Å². The third-order valence-corrected chi connectivity index (χ3v) is 7.36. The van der Waals surface area contributed by atoms with E-state index in [1.165, 1.54) is 38.5 Å². The molecular formula is C21H36N2O2. The van der Waals surface area contributed by atoms with Gasteiger partial charge in [0.2, 0.25) is 5.91 Å². The van der Waals surface area contributed by atoms with Gasteiger partial charge in [-0.05, 0) is 88.0 Å². The minimum Gasteiger partial charge on any atom is -0.378 e. The van der Waals surface area contributed by atoms with Crippen molar-refractivity contribution in [3.05, 3.63) is 0 Å². The fourth-order valence-electron chi connectivity index (χ4n) is 6.61. The van der Waals surface area contributed by atoms with Gasteiger partial charge in [0.15, 0.2) is 0 Å². The van der Waals surface area contributed by atoms with Crippen molar-refractivity contribution >= 4 is 5.91 Å². The molecule has 1 saturated heterocycles. The van der Waals surface area contributed by atoms with E-state index >= 15 is 0 Å². The van der Waals surface area contributed by atoms with Gasteiger partial charge < -0.3 is 15.0 Å². The molecule has 4 nitrogen and oxygen atoms in total. The average molecular weight is 349 g/mol. The number of hydrogen-bond donors (Lipinski definition) is 1. The van der Waals surface area contributed by atoms with Crippen LogP contribution in [0.25, 0.3) is 0 Å². The molecule has 0 atom stereocenters. The lowest BCUT2D eigenvalue weighted by Gasteiger charge is -2.56. The first kappa shape index (κ1) is 17.8. The minimum absolute atomic E-state index is 0.293. The van der Waals surface area contributed by atoms with Crippen molar-refractivity contribution < 1.29 is 9.53 Å². The Bertz CT molecular complexity index is 435. The molecule has 142 valence electrons. The van der Waals surface area contributed by atoms with Crippen LogP contribution in [0.15, 0.2) is 0 Å². The van der Waals surface area contributed by atoms with Gasteiger partial charge in [0.1, 0.15) is 0 Å². The van der Waals surface area contributed by atoms with Gasteiger partial charge in [-0.3, -0.25) is 4.79 Å². The Morgan fingerprint density at radius 2 is 1.68 bits per heavy atom. The van der Waals surface area contributed by atoms with Crippen LogP contribution in [0.4, 0.5) is 0 Å². The van der Waals surface area contributed by atoms with E-state index in [0.29, 0.717) is 17.4 Å². The van der Waals surface area contributed by atoms with Crippen molar-refractivity contribution in [2.24, 2.45) is 23.2 Å². The molecule has 0 spiro atoms. The third-order valence-electron chi connectivity index (χ3n) is 7.36. The van der Waals surface area contributed by atoms with E-state index in [9.17, 15) is 4.79 Å². The number of carbonyl (C=O) groups excluding carboxylic acids is 1. The topological polar surface area (TPSA) is 41.6 Å². The number of nitrogens with zero attached hydrogens (tertiary/aromatic N) is 1. The van der Waals surface area contributed by atoms with E-state index in [4.69, 9.17) is 4.74 Å². The van der Waals surface area contributed by atoms with Gasteiger partial charge in [-0.1, -0.05) is 0 Å². The maximum Gasteiger partial charge on any atom is 0.220 e. The van der Waals surface area contributed by atoms with Crippen molar-refractivity contribution in [1.82, 2.24) is 10.2 Å². The van der Waals surface area contributed by atoms with Crippen molar-refractivity contribution in [2.45, 2.75) is 70.3 Å². The van der Waals surface area contributed by atoms with Crippen LogP contribution in [-0.2, 0) is 9.53 Å². The molecule has 4 aliphatic carbocycles. The van der Waals surface area contributed by atoms with Crippen LogP contribution in [0.5, 0.6) is 0 Å². The number of ether oxygens (including phenoxy) is 1. The van der Waals surface area contributed by atoms with E-state index < -0.39 is 0 Å². The summed E-state index contributed by atoms with van der Waals surface area (Å²) in [5.74, 6) is 3.09. The van der Waals surface area contributed by atoms with Crippen molar-refractivity contribution in [1.29, 1.82) is 0 Å². The van der Waals surface area contributed by atoms with Gasteiger partial charge in [-0.15, -0.1) is 0 Å². The number of rotatable bonds is 7. The predicted octanol–water partition coefficient (Wildman–Crippen LogP) is 3.21. The van der Waals surface area contributed by atoms with E-state index in [2.05, 4.69) is 17.3 Å². The van der Waals surface area contributed by atoms with Crippen molar-refractivity contribution in [3.63, 3.8) is 0 Å². The van der Waals surface area contributed by atoms with Gasteiger partial charge in [-0.2, -0.15) is 0 Å². The minimum atomic E-state index is 0.293. The average Bonchev–Trinajstić information content (AvgIpc) is 2.54. The summed E-state index contributed by atoms with van der Waals surface area (Å²) in [7, 11) is 2.18. The summed E-state index contributed by atoms with van der Waals surface area (Å²) in [6, 6.07) is 0. The molecule has 1 N–H and O–H groups in total. The highest BCUT2D eigenvalue weighted by atomic mass is 16.5. The lowest BCUT2D eigenvalue weighted by atomic mass is 9.49. The molecule has 4 bridgehead atoms. The zero-order valence-electron chi connectivity index (χ0n) is 16.0. The summed E-state index contributed by atoms with van der Waals surface area (Å²) in [6.07, 6.45) is 12.8. The highest BCUT2D eigenvalue weighted by molar-refractivity contribution is 5.76. The van der Waals surface area contributed by atoms with Crippen LogP contribution in [-0.4, -0.2) is 50.2 Å². The Balaban J connectivity index is 1.12. The largest absolute Gasteiger partial charge is 0.378 e. The molecular weight excluding hydrogens is 312 g/mol. The summed E-state index contributed by atoms with van der Waals surface area (Å²) in [4.78, 5) is 14.8. The summed E-state index contributed by atoms with van der Waals surface area (Å²) < 4.78 is 5.97. The molecule has 0 radical (unpaired) electrons. The number of amides is 1. The SMILES string of the molecule is CN1CCC(OCCCNC(=O)CC23CC4CC(CC(C4)C2)C3)CC1. The third kappa shape index (κ3) is 4.39. The Morgan fingerprint density at radius 1 is 1.08 bits per heavy atom. The molecule has 5 aliphatic rings. The van der Waals surface area contributed by atoms with Gasteiger partial charge in [0.05, 0.1) is 6.10 Å². The summed E-state index contributed by atoms with van der Waals surface area (Å²) >= 11 is 0. The second-order valence-corrected chi connectivity index (χ2v) is 9.67. The zero-order valence-corrected chi connectivity index (χ0v) is 16.0. The molecule has 0 aromatic rings. The molecule has 1 heterocycles. The van der Waals surface area contributed by atoms with Crippen LogP contribution < -0.4 is 5.32 Å². The number of nitrogens with one attached hydrogen (secondary N) is 1. The summed E-state index contributed by atoms with van der Waals surface area (Å²) in [5.41, 5.74) is 0.365. The van der Waals surface area contributed by atoms with E-state index in [0.717, 1.165) is 69.7 Å². The second-order valence-electron chi connectivity index (χ2n) is 9.67. The van der Waals surface area contributed by atoms with Gasteiger partial charge in [-0.25, -0.2) is 0 Å². The molecule has 4 heteroatoms. The number of piperidine rings is 1. The molecule has 5 fully saturated rings. The van der Waals surface area contributed by atoms with Crippen LogP contribution in [0.2, 0.25) is 0 Å². The summed E-state index contributed by atoms with van der Waals surface area (Å²) in [6.45, 7) is 3.85. The normalized spacial score (nSPS) is 38.2. The molecule has 1 amide bonds. The fraction of sp³-hybridized carbons (Fsp3) is 0.952. The molecule has 25 heavy (non-hydrogen) atoms. The Hall–Kier alpha value is -0.610. The molecule has 5 rings (SSSR count). The molecule has 0 aromatic heterocycles. The highest BCUT2D eigenvalue weighted by Gasteiger charge is 2.51. The maximum atomic E-state index is 12.5. The van der Waals surface area contributed by atoms with E-state index in [1.807, 2.05) is 0 Å². The smallest absolute Gasteiger partial charge is 0.220 e. The van der Waals surface area contributed by atoms with E-state index in [-0.39, 0.29) is 0 Å². The standard InChI is InChI=1S/C21H36N2O2/c1-23-6-3-19(4-7-23)25-8-2-5-22-20(24)15-21-12-16-9-17(13-21)11-18(10-16)14-21/h16-19H,2-15H2,1H3,(H,22,24). The predicted molar refractivity (Wildman–Crippen MR) is 99.3 cm³/mol. The first-order chi connectivity index (χ1) is 12.1.